The summed E-state index contributed by atoms with van der Waals surface area (Å²) in [5.74, 6) is 0.131. The van der Waals surface area contributed by atoms with Crippen LogP contribution in [0.3, 0.4) is 0 Å². The van der Waals surface area contributed by atoms with Gasteiger partial charge in [-0.15, -0.1) is 11.3 Å². The summed E-state index contributed by atoms with van der Waals surface area (Å²) >= 11 is 7.48. The number of alkyl halides is 3. The molecule has 0 aliphatic carbocycles. The van der Waals surface area contributed by atoms with Crippen LogP contribution in [0, 0.1) is 0 Å². The third-order valence-electron chi connectivity index (χ3n) is 6.88. The quantitative estimate of drug-likeness (QED) is 0.360. The van der Waals surface area contributed by atoms with Crippen molar-refractivity contribution in [2.45, 2.75) is 18.6 Å². The second-order valence-corrected chi connectivity index (χ2v) is 11.0. The number of guanidine groups is 1. The zero-order valence-electron chi connectivity index (χ0n) is 21.6. The van der Waals surface area contributed by atoms with E-state index in [9.17, 15) is 23.1 Å². The predicted octanol–water partition coefficient (Wildman–Crippen LogP) is 6.28. The van der Waals surface area contributed by atoms with Crippen LogP contribution in [0.15, 0.2) is 53.5 Å². The number of aliphatic carboxylic acids is 1. The number of hydrogen-bond acceptors (Lipinski definition) is 8. The minimum atomic E-state index is -4.61. The normalized spacial score (nSPS) is 17.4. The Hall–Kier alpha value is -3.64. The maximum atomic E-state index is 13.8. The molecule has 1 aromatic heterocycles. The van der Waals surface area contributed by atoms with Gasteiger partial charge < -0.3 is 24.4 Å². The summed E-state index contributed by atoms with van der Waals surface area (Å²) in [5, 5.41) is 9.84. The van der Waals surface area contributed by atoms with Crippen molar-refractivity contribution in [3.63, 3.8) is 0 Å². The number of methoxy groups -OCH3 is 2. The fourth-order valence-electron chi connectivity index (χ4n) is 4.98. The standard InChI is InChI=1S/C27H26ClF3N4O4S/c1-38-18-5-3-4-17(13-18)33-8-10-34(11-9-33)26-32-19-14-23(28)40-25(19)21(15-24(36)37)35(26)20-12-16(27(29,30)31)6-7-22(20)39-2/h3-7,12-14,21H,8-11,15H2,1-2H3,(H,36,37). The average molecular weight is 595 g/mol. The van der Waals surface area contributed by atoms with Crippen molar-refractivity contribution in [3.8, 4) is 11.5 Å². The van der Waals surface area contributed by atoms with E-state index in [1.807, 2.05) is 29.2 Å². The van der Waals surface area contributed by atoms with Crippen LogP contribution in [0.25, 0.3) is 0 Å². The lowest BCUT2D eigenvalue weighted by Crippen LogP contribution is -2.55. The summed E-state index contributed by atoms with van der Waals surface area (Å²) < 4.78 is 52.6. The van der Waals surface area contributed by atoms with Gasteiger partial charge in [0.15, 0.2) is 0 Å². The van der Waals surface area contributed by atoms with Gasteiger partial charge in [0, 0.05) is 37.9 Å². The Kier molecular flexibility index (Phi) is 7.74. The number of anilines is 2. The summed E-state index contributed by atoms with van der Waals surface area (Å²) in [6.45, 7) is 2.17. The Morgan fingerprint density at radius 1 is 1.07 bits per heavy atom. The largest absolute Gasteiger partial charge is 0.497 e. The predicted molar refractivity (Wildman–Crippen MR) is 149 cm³/mol. The minimum Gasteiger partial charge on any atom is -0.497 e. The van der Waals surface area contributed by atoms with E-state index >= 15 is 0 Å². The minimum absolute atomic E-state index is 0.0766. The molecule has 0 radical (unpaired) electrons. The van der Waals surface area contributed by atoms with E-state index in [1.165, 1.54) is 13.2 Å². The molecule has 1 saturated heterocycles. The number of hydrogen-bond donors (Lipinski definition) is 1. The van der Waals surface area contributed by atoms with Gasteiger partial charge in [-0.25, -0.2) is 4.99 Å². The highest BCUT2D eigenvalue weighted by atomic mass is 35.5. The zero-order valence-corrected chi connectivity index (χ0v) is 23.2. The van der Waals surface area contributed by atoms with Crippen LogP contribution in [-0.4, -0.2) is 62.3 Å². The van der Waals surface area contributed by atoms with Gasteiger partial charge in [-0.1, -0.05) is 17.7 Å². The third kappa shape index (κ3) is 5.50. The van der Waals surface area contributed by atoms with Crippen molar-refractivity contribution in [2.75, 3.05) is 50.2 Å². The average Bonchev–Trinajstić information content (AvgIpc) is 3.32. The van der Waals surface area contributed by atoms with E-state index in [-0.39, 0.29) is 17.9 Å². The number of fused-ring (bicyclic) bond motifs is 1. The number of rotatable bonds is 6. The Morgan fingerprint density at radius 2 is 1.80 bits per heavy atom. The van der Waals surface area contributed by atoms with Gasteiger partial charge in [-0.3, -0.25) is 9.69 Å². The Bertz CT molecular complexity index is 1440. The van der Waals surface area contributed by atoms with Crippen LogP contribution in [-0.2, 0) is 11.0 Å². The van der Waals surface area contributed by atoms with Crippen LogP contribution in [0.5, 0.6) is 11.5 Å². The number of thiophene rings is 1. The highest BCUT2D eigenvalue weighted by Gasteiger charge is 2.40. The summed E-state index contributed by atoms with van der Waals surface area (Å²) in [6, 6.07) is 11.7. The van der Waals surface area contributed by atoms with Crippen LogP contribution in [0.4, 0.5) is 30.2 Å². The molecule has 5 rings (SSSR count). The van der Waals surface area contributed by atoms with Crippen molar-refractivity contribution in [3.05, 3.63) is 63.3 Å². The fourth-order valence-corrected chi connectivity index (χ4v) is 6.25. The molecule has 0 bridgehead atoms. The first kappa shape index (κ1) is 27.9. The van der Waals surface area contributed by atoms with Gasteiger partial charge in [0.1, 0.15) is 11.5 Å². The number of ether oxygens (including phenoxy) is 2. The summed E-state index contributed by atoms with van der Waals surface area (Å²) in [4.78, 5) is 23.1. The maximum Gasteiger partial charge on any atom is 0.416 e. The van der Waals surface area contributed by atoms with E-state index in [2.05, 4.69) is 4.90 Å². The second kappa shape index (κ2) is 11.1. The van der Waals surface area contributed by atoms with Crippen LogP contribution in [0.1, 0.15) is 22.9 Å². The molecule has 0 amide bonds. The molecule has 3 aromatic rings. The lowest BCUT2D eigenvalue weighted by molar-refractivity contribution is -0.138. The molecule has 3 heterocycles. The molecule has 1 fully saturated rings. The number of aliphatic imine (C=N–C) groups is 1. The molecule has 40 heavy (non-hydrogen) atoms. The Labute approximate surface area is 237 Å². The molecule has 0 spiro atoms. The molecule has 212 valence electrons. The molecule has 2 aliphatic heterocycles. The summed E-state index contributed by atoms with van der Waals surface area (Å²) in [5.41, 5.74) is 0.688. The van der Waals surface area contributed by atoms with Gasteiger partial charge in [-0.2, -0.15) is 13.2 Å². The number of carboxylic acids is 1. The lowest BCUT2D eigenvalue weighted by Gasteiger charge is -2.44. The van der Waals surface area contributed by atoms with Crippen molar-refractivity contribution in [1.82, 2.24) is 4.90 Å². The Balaban J connectivity index is 1.57. The van der Waals surface area contributed by atoms with Crippen molar-refractivity contribution in [2.24, 2.45) is 4.99 Å². The maximum absolute atomic E-state index is 13.8. The highest BCUT2D eigenvalue weighted by molar-refractivity contribution is 7.16. The molecule has 1 N–H and O–H groups in total. The number of benzene rings is 2. The number of nitrogens with zero attached hydrogens (tertiary/aromatic N) is 4. The van der Waals surface area contributed by atoms with Crippen LogP contribution in [0.2, 0.25) is 4.34 Å². The highest BCUT2D eigenvalue weighted by Crippen LogP contribution is 2.49. The summed E-state index contributed by atoms with van der Waals surface area (Å²) in [7, 11) is 2.97. The number of carboxylic acid groups (broad SMARTS) is 1. The molecule has 1 unspecified atom stereocenters. The SMILES string of the molecule is COc1cccc(N2CCN(C3=Nc4cc(Cl)sc4C(CC(=O)O)N3c3cc(C(F)(F)F)ccc3OC)CC2)c1. The lowest BCUT2D eigenvalue weighted by atomic mass is 10.0. The molecule has 2 aromatic carbocycles. The topological polar surface area (TPSA) is 77.8 Å². The Morgan fingerprint density at radius 3 is 2.45 bits per heavy atom. The molecule has 8 nitrogen and oxygen atoms in total. The van der Waals surface area contributed by atoms with E-state index in [0.29, 0.717) is 47.0 Å². The first-order valence-corrected chi connectivity index (χ1v) is 13.6. The first-order chi connectivity index (χ1) is 19.1. The van der Waals surface area contributed by atoms with E-state index < -0.39 is 23.8 Å². The first-order valence-electron chi connectivity index (χ1n) is 12.4. The molecular formula is C27H26ClF3N4O4S. The smallest absolute Gasteiger partial charge is 0.416 e. The van der Waals surface area contributed by atoms with Crippen molar-refractivity contribution in [1.29, 1.82) is 0 Å². The second-order valence-electron chi connectivity index (χ2n) is 9.26. The monoisotopic (exact) mass is 594 g/mol. The van der Waals surface area contributed by atoms with Crippen LogP contribution < -0.4 is 19.3 Å². The van der Waals surface area contributed by atoms with E-state index in [0.717, 1.165) is 34.9 Å². The number of carbonyl (C=O) groups is 1. The van der Waals surface area contributed by atoms with E-state index in [1.54, 1.807) is 18.1 Å². The molecular weight excluding hydrogens is 569 g/mol. The molecule has 0 saturated carbocycles. The van der Waals surface area contributed by atoms with E-state index in [4.69, 9.17) is 26.1 Å². The van der Waals surface area contributed by atoms with Gasteiger partial charge in [0.2, 0.25) is 5.96 Å². The third-order valence-corrected chi connectivity index (χ3v) is 8.23. The van der Waals surface area contributed by atoms with Gasteiger partial charge in [0.05, 0.1) is 52.8 Å². The van der Waals surface area contributed by atoms with Gasteiger partial charge in [-0.05, 0) is 36.4 Å². The molecule has 2 aliphatic rings. The van der Waals surface area contributed by atoms with Gasteiger partial charge >= 0.3 is 12.1 Å². The number of halogens is 4. The van der Waals surface area contributed by atoms with Crippen molar-refractivity contribution >= 4 is 51.9 Å². The molecule has 13 heteroatoms. The van der Waals surface area contributed by atoms with Crippen LogP contribution >= 0.6 is 22.9 Å². The number of piperazine rings is 1. The zero-order chi connectivity index (χ0) is 28.6. The fraction of sp³-hybridized carbons (Fsp3) is 0.333. The van der Waals surface area contributed by atoms with Crippen molar-refractivity contribution < 1.29 is 32.5 Å². The molecule has 1 atom stereocenters. The summed E-state index contributed by atoms with van der Waals surface area (Å²) in [6.07, 6.45) is -5.00. The van der Waals surface area contributed by atoms with Gasteiger partial charge in [0.25, 0.3) is 0 Å².